The molecule has 2 aliphatic rings. The summed E-state index contributed by atoms with van der Waals surface area (Å²) in [6, 6.07) is 10.1. The average Bonchev–Trinajstić information content (AvgIpc) is 2.79. The van der Waals surface area contributed by atoms with E-state index in [1.807, 2.05) is 19.1 Å². The molecule has 1 saturated heterocycles. The van der Waals surface area contributed by atoms with Crippen LogP contribution in [0.25, 0.3) is 0 Å². The van der Waals surface area contributed by atoms with E-state index in [0.29, 0.717) is 31.5 Å². The van der Waals surface area contributed by atoms with E-state index in [1.54, 1.807) is 17.0 Å². The molecular formula is C25H30FN3O2. The maximum Gasteiger partial charge on any atom is 0.256 e. The second-order valence-electron chi connectivity index (χ2n) is 8.74. The van der Waals surface area contributed by atoms with E-state index >= 15 is 0 Å². The van der Waals surface area contributed by atoms with Crippen molar-refractivity contribution < 1.29 is 14.0 Å². The van der Waals surface area contributed by atoms with Crippen LogP contribution in [-0.2, 0) is 0 Å². The van der Waals surface area contributed by atoms with Crippen LogP contribution in [0.4, 0.5) is 4.39 Å². The summed E-state index contributed by atoms with van der Waals surface area (Å²) in [6.07, 6.45) is 7.07. The molecule has 5 nitrogen and oxygen atoms in total. The number of piperidine rings is 1. The van der Waals surface area contributed by atoms with Gasteiger partial charge in [0.25, 0.3) is 11.8 Å². The molecule has 1 saturated carbocycles. The van der Waals surface area contributed by atoms with Gasteiger partial charge in [0.15, 0.2) is 0 Å². The number of benzene rings is 1. The van der Waals surface area contributed by atoms with Gasteiger partial charge in [0.1, 0.15) is 5.82 Å². The number of carbonyl (C=O) groups is 2. The quantitative estimate of drug-likeness (QED) is 0.781. The zero-order valence-corrected chi connectivity index (χ0v) is 18.1. The number of carbonyl (C=O) groups excluding carboxylic acids is 2. The van der Waals surface area contributed by atoms with E-state index < -0.39 is 5.82 Å². The Bertz CT molecular complexity index is 948. The second kappa shape index (κ2) is 9.58. The standard InChI is InChI=1S/C25H30FN3O2/c1-17-11-12-21(24(30)28-19-7-3-2-4-8-19)23(27-17)18-13-15-29(16-14-18)25(31)20-9-5-6-10-22(20)26/h5-6,9-12,18-19H,2-4,7-8,13-16H2,1H3,(H,28,30). The summed E-state index contributed by atoms with van der Waals surface area (Å²) in [7, 11) is 0. The predicted octanol–water partition coefficient (Wildman–Crippen LogP) is 4.61. The predicted molar refractivity (Wildman–Crippen MR) is 118 cm³/mol. The Morgan fingerprint density at radius 3 is 2.39 bits per heavy atom. The summed E-state index contributed by atoms with van der Waals surface area (Å²) in [5.74, 6) is -0.698. The van der Waals surface area contributed by atoms with E-state index in [4.69, 9.17) is 4.98 Å². The smallest absolute Gasteiger partial charge is 0.256 e. The van der Waals surface area contributed by atoms with Gasteiger partial charge in [0.2, 0.25) is 0 Å². The lowest BCUT2D eigenvalue weighted by Gasteiger charge is -2.33. The molecule has 0 bridgehead atoms. The fourth-order valence-corrected chi connectivity index (χ4v) is 4.75. The normalized spacial score (nSPS) is 18.1. The monoisotopic (exact) mass is 423 g/mol. The number of nitrogens with zero attached hydrogens (tertiary/aromatic N) is 2. The van der Waals surface area contributed by atoms with Gasteiger partial charge in [-0.1, -0.05) is 31.4 Å². The molecular weight excluding hydrogens is 393 g/mol. The van der Waals surface area contributed by atoms with Gasteiger partial charge >= 0.3 is 0 Å². The first kappa shape index (κ1) is 21.5. The Morgan fingerprint density at radius 2 is 1.68 bits per heavy atom. The van der Waals surface area contributed by atoms with Crippen LogP contribution in [0.1, 0.15) is 83.0 Å². The first-order chi connectivity index (χ1) is 15.0. The molecule has 4 rings (SSSR count). The Balaban J connectivity index is 1.45. The lowest BCUT2D eigenvalue weighted by molar-refractivity contribution is 0.0705. The highest BCUT2D eigenvalue weighted by molar-refractivity contribution is 5.96. The number of aryl methyl sites for hydroxylation is 1. The fraction of sp³-hybridized carbons (Fsp3) is 0.480. The third kappa shape index (κ3) is 4.94. The van der Waals surface area contributed by atoms with Crippen LogP contribution >= 0.6 is 0 Å². The van der Waals surface area contributed by atoms with Crippen LogP contribution in [-0.4, -0.2) is 40.8 Å². The van der Waals surface area contributed by atoms with Crippen molar-refractivity contribution in [1.82, 2.24) is 15.2 Å². The van der Waals surface area contributed by atoms with E-state index in [9.17, 15) is 14.0 Å². The zero-order valence-electron chi connectivity index (χ0n) is 18.1. The van der Waals surface area contributed by atoms with Crippen molar-refractivity contribution in [2.45, 2.75) is 63.8 Å². The molecule has 2 amide bonds. The molecule has 2 aromatic rings. The van der Waals surface area contributed by atoms with E-state index in [2.05, 4.69) is 5.32 Å². The van der Waals surface area contributed by atoms with Crippen LogP contribution in [0.15, 0.2) is 36.4 Å². The van der Waals surface area contributed by atoms with Gasteiger partial charge in [-0.05, 0) is 56.9 Å². The molecule has 2 fully saturated rings. The number of pyridine rings is 1. The maximum absolute atomic E-state index is 14.0. The molecule has 2 heterocycles. The molecule has 1 aliphatic carbocycles. The van der Waals surface area contributed by atoms with Crippen molar-refractivity contribution in [1.29, 1.82) is 0 Å². The number of amides is 2. The highest BCUT2D eigenvalue weighted by Crippen LogP contribution is 2.30. The number of rotatable bonds is 4. The number of nitrogens with one attached hydrogen (secondary N) is 1. The molecule has 0 radical (unpaired) electrons. The van der Waals surface area contributed by atoms with Gasteiger partial charge in [-0.15, -0.1) is 0 Å². The molecule has 0 spiro atoms. The molecule has 1 aromatic carbocycles. The molecule has 31 heavy (non-hydrogen) atoms. The van der Waals surface area contributed by atoms with Crippen molar-refractivity contribution >= 4 is 11.8 Å². The minimum absolute atomic E-state index is 0.0423. The van der Waals surface area contributed by atoms with Gasteiger partial charge in [-0.25, -0.2) is 4.39 Å². The minimum Gasteiger partial charge on any atom is -0.349 e. The van der Waals surface area contributed by atoms with Gasteiger partial charge < -0.3 is 10.2 Å². The second-order valence-corrected chi connectivity index (χ2v) is 8.74. The molecule has 1 aliphatic heterocycles. The van der Waals surface area contributed by atoms with Crippen molar-refractivity contribution in [2.24, 2.45) is 0 Å². The van der Waals surface area contributed by atoms with Gasteiger partial charge in [-0.3, -0.25) is 14.6 Å². The zero-order chi connectivity index (χ0) is 21.8. The lowest BCUT2D eigenvalue weighted by atomic mass is 9.89. The van der Waals surface area contributed by atoms with Gasteiger partial charge in [-0.2, -0.15) is 0 Å². The summed E-state index contributed by atoms with van der Waals surface area (Å²) < 4.78 is 14.0. The fourth-order valence-electron chi connectivity index (χ4n) is 4.75. The lowest BCUT2D eigenvalue weighted by Crippen LogP contribution is -2.39. The summed E-state index contributed by atoms with van der Waals surface area (Å²) in [6.45, 7) is 2.98. The van der Waals surface area contributed by atoms with Crippen molar-refractivity contribution in [3.05, 3.63) is 64.7 Å². The van der Waals surface area contributed by atoms with Crippen molar-refractivity contribution in [3.8, 4) is 0 Å². The Labute approximate surface area is 183 Å². The number of hydrogen-bond acceptors (Lipinski definition) is 3. The summed E-state index contributed by atoms with van der Waals surface area (Å²) in [5.41, 5.74) is 2.47. The minimum atomic E-state index is -0.489. The Kier molecular flexibility index (Phi) is 6.64. The van der Waals surface area contributed by atoms with Crippen LogP contribution in [0.3, 0.4) is 0 Å². The molecule has 164 valence electrons. The average molecular weight is 424 g/mol. The first-order valence-electron chi connectivity index (χ1n) is 11.3. The SMILES string of the molecule is Cc1ccc(C(=O)NC2CCCCC2)c(C2CCN(C(=O)c3ccccc3F)CC2)n1. The third-order valence-electron chi connectivity index (χ3n) is 6.52. The van der Waals surface area contributed by atoms with E-state index in [1.165, 1.54) is 31.4 Å². The van der Waals surface area contributed by atoms with Gasteiger partial charge in [0.05, 0.1) is 16.8 Å². The third-order valence-corrected chi connectivity index (χ3v) is 6.52. The molecule has 6 heteroatoms. The largest absolute Gasteiger partial charge is 0.349 e. The highest BCUT2D eigenvalue weighted by Gasteiger charge is 2.29. The highest BCUT2D eigenvalue weighted by atomic mass is 19.1. The maximum atomic E-state index is 14.0. The summed E-state index contributed by atoms with van der Waals surface area (Å²) in [4.78, 5) is 32.2. The number of likely N-dealkylation sites (tertiary alicyclic amines) is 1. The molecule has 1 aromatic heterocycles. The van der Waals surface area contributed by atoms with Crippen LogP contribution < -0.4 is 5.32 Å². The molecule has 0 atom stereocenters. The topological polar surface area (TPSA) is 62.3 Å². The van der Waals surface area contributed by atoms with E-state index in [-0.39, 0.29) is 29.3 Å². The Hall–Kier alpha value is -2.76. The number of halogens is 1. The number of hydrogen-bond donors (Lipinski definition) is 1. The van der Waals surface area contributed by atoms with Crippen LogP contribution in [0.5, 0.6) is 0 Å². The van der Waals surface area contributed by atoms with Crippen molar-refractivity contribution in [3.63, 3.8) is 0 Å². The molecule has 0 unspecified atom stereocenters. The van der Waals surface area contributed by atoms with Crippen molar-refractivity contribution in [2.75, 3.05) is 13.1 Å². The van der Waals surface area contributed by atoms with Crippen LogP contribution in [0, 0.1) is 12.7 Å². The van der Waals surface area contributed by atoms with Crippen LogP contribution in [0.2, 0.25) is 0 Å². The molecule has 1 N–H and O–H groups in total. The Morgan fingerprint density at radius 1 is 0.968 bits per heavy atom. The van der Waals surface area contributed by atoms with Gasteiger partial charge in [0, 0.05) is 30.7 Å². The summed E-state index contributed by atoms with van der Waals surface area (Å²) >= 11 is 0. The number of aromatic nitrogens is 1. The van der Waals surface area contributed by atoms with E-state index in [0.717, 1.165) is 24.2 Å². The first-order valence-corrected chi connectivity index (χ1v) is 11.3. The summed E-state index contributed by atoms with van der Waals surface area (Å²) in [5, 5.41) is 3.20.